The zero-order valence-corrected chi connectivity index (χ0v) is 30.6. The molecule has 2 saturated heterocycles. The lowest BCUT2D eigenvalue weighted by atomic mass is 9.87. The minimum Gasteiger partial charge on any atom is -0.466 e. The fourth-order valence-corrected chi connectivity index (χ4v) is 8.15. The van der Waals surface area contributed by atoms with E-state index >= 15 is 4.39 Å². The highest BCUT2D eigenvalue weighted by molar-refractivity contribution is 14.1. The lowest BCUT2D eigenvalue weighted by molar-refractivity contribution is -0.150. The van der Waals surface area contributed by atoms with Crippen LogP contribution in [-0.4, -0.2) is 96.4 Å². The number of para-hydroxylation sites is 1. The highest BCUT2D eigenvalue weighted by Gasteiger charge is 2.42. The van der Waals surface area contributed by atoms with Crippen LogP contribution in [0.2, 0.25) is 0 Å². The van der Waals surface area contributed by atoms with Gasteiger partial charge in [-0.1, -0.05) is 40.8 Å². The van der Waals surface area contributed by atoms with E-state index < -0.39 is 5.82 Å². The molecule has 49 heavy (non-hydrogen) atoms. The number of esters is 1. The van der Waals surface area contributed by atoms with Gasteiger partial charge in [-0.05, 0) is 68.4 Å². The van der Waals surface area contributed by atoms with E-state index in [1.54, 1.807) is 19.4 Å². The second-order valence-corrected chi connectivity index (χ2v) is 14.3. The summed E-state index contributed by atoms with van der Waals surface area (Å²) in [4.78, 5) is 43.7. The molecule has 2 aromatic carbocycles. The maximum atomic E-state index is 15.7. The topological polar surface area (TPSA) is 102 Å². The van der Waals surface area contributed by atoms with Gasteiger partial charge in [-0.25, -0.2) is 4.39 Å². The maximum Gasteiger partial charge on any atom is 0.308 e. The van der Waals surface area contributed by atoms with E-state index in [9.17, 15) is 14.4 Å². The number of nitrogens with zero attached hydrogens (tertiary/aromatic N) is 3. The Morgan fingerprint density at radius 1 is 1.02 bits per heavy atom. The molecule has 0 bridgehead atoms. The van der Waals surface area contributed by atoms with Crippen molar-refractivity contribution in [3.8, 4) is 0 Å². The molecule has 3 heterocycles. The number of methoxy groups -OCH3 is 1. The van der Waals surface area contributed by atoms with Crippen molar-refractivity contribution in [2.75, 3.05) is 45.3 Å². The van der Waals surface area contributed by atoms with Crippen molar-refractivity contribution in [3.05, 3.63) is 65.1 Å². The van der Waals surface area contributed by atoms with Crippen LogP contribution in [0.15, 0.2) is 42.6 Å². The minimum absolute atomic E-state index is 0.0313. The van der Waals surface area contributed by atoms with Crippen LogP contribution in [0, 0.1) is 11.7 Å². The average Bonchev–Trinajstić information content (AvgIpc) is 3.66. The number of aromatic nitrogens is 1. The summed E-state index contributed by atoms with van der Waals surface area (Å²) in [5.41, 5.74) is 2.91. The molecule has 10 nitrogen and oxygen atoms in total. The molecular weight excluding hydrogens is 742 g/mol. The number of likely N-dealkylation sites (tertiary alicyclic amines) is 2. The Hall–Kier alpha value is -3.07. The first-order valence-electron chi connectivity index (χ1n) is 17.3. The van der Waals surface area contributed by atoms with E-state index in [1.807, 2.05) is 47.7 Å². The minimum atomic E-state index is -0.525. The number of hydrogen-bond donors (Lipinski definition) is 1. The van der Waals surface area contributed by atoms with Crippen molar-refractivity contribution in [2.45, 2.75) is 74.2 Å². The van der Waals surface area contributed by atoms with Gasteiger partial charge in [0, 0.05) is 67.0 Å². The summed E-state index contributed by atoms with van der Waals surface area (Å²) in [7, 11) is 3.61. The summed E-state index contributed by atoms with van der Waals surface area (Å²) in [5, 5.41) is 3.74. The van der Waals surface area contributed by atoms with Crippen molar-refractivity contribution in [1.82, 2.24) is 14.4 Å². The predicted octanol–water partition coefficient (Wildman–Crippen LogP) is 5.49. The van der Waals surface area contributed by atoms with Crippen LogP contribution >= 0.6 is 22.6 Å². The van der Waals surface area contributed by atoms with Crippen LogP contribution in [0.4, 0.5) is 10.1 Å². The van der Waals surface area contributed by atoms with Crippen LogP contribution in [0.25, 0.3) is 10.9 Å². The SMILES string of the molecule is CCOC(=O)C1CCC(OC[C@@H]2C[C@H](N3CC(OC)C3)CN2C(=O)Cc2cc(CI)c(NC(=O)c3cn(C)c4ccccc34)cc2F)CC1. The Morgan fingerprint density at radius 2 is 1.78 bits per heavy atom. The first-order valence-corrected chi connectivity index (χ1v) is 18.8. The zero-order chi connectivity index (χ0) is 34.7. The molecule has 264 valence electrons. The number of hydrogen-bond acceptors (Lipinski definition) is 7. The number of rotatable bonds is 12. The van der Waals surface area contributed by atoms with Crippen LogP contribution in [0.3, 0.4) is 0 Å². The molecule has 0 spiro atoms. The van der Waals surface area contributed by atoms with Gasteiger partial charge in [-0.15, -0.1) is 0 Å². The smallest absolute Gasteiger partial charge is 0.308 e. The second kappa shape index (κ2) is 15.9. The normalized spacial score (nSPS) is 23.1. The van der Waals surface area contributed by atoms with Gasteiger partial charge in [-0.2, -0.15) is 0 Å². The van der Waals surface area contributed by atoms with E-state index in [2.05, 4.69) is 32.8 Å². The van der Waals surface area contributed by atoms with Gasteiger partial charge < -0.3 is 29.0 Å². The zero-order valence-electron chi connectivity index (χ0n) is 28.5. The molecule has 3 fully saturated rings. The van der Waals surface area contributed by atoms with Gasteiger partial charge in [-0.3, -0.25) is 19.3 Å². The largest absolute Gasteiger partial charge is 0.466 e. The Bertz CT molecular complexity index is 1670. The number of benzene rings is 2. The molecule has 2 aliphatic heterocycles. The third-order valence-electron chi connectivity index (χ3n) is 10.4. The number of fused-ring (bicyclic) bond motifs is 1. The summed E-state index contributed by atoms with van der Waals surface area (Å²) in [6.07, 6.45) is 5.75. The Balaban J connectivity index is 1.12. The first kappa shape index (κ1) is 35.7. The van der Waals surface area contributed by atoms with Crippen molar-refractivity contribution >= 4 is 57.0 Å². The second-order valence-electron chi connectivity index (χ2n) is 13.5. The van der Waals surface area contributed by atoms with Gasteiger partial charge in [0.05, 0.1) is 49.4 Å². The number of carbonyl (C=O) groups is 3. The van der Waals surface area contributed by atoms with Gasteiger partial charge in [0.15, 0.2) is 0 Å². The lowest BCUT2D eigenvalue weighted by Crippen LogP contribution is -2.56. The van der Waals surface area contributed by atoms with E-state index in [1.165, 1.54) is 6.07 Å². The van der Waals surface area contributed by atoms with Crippen molar-refractivity contribution < 1.29 is 33.0 Å². The summed E-state index contributed by atoms with van der Waals surface area (Å²) in [5.74, 6) is -1.18. The van der Waals surface area contributed by atoms with Crippen LogP contribution in [0.5, 0.6) is 0 Å². The summed E-state index contributed by atoms with van der Waals surface area (Å²) in [6, 6.07) is 10.8. The molecule has 2 atom stereocenters. The highest BCUT2D eigenvalue weighted by Crippen LogP contribution is 2.32. The molecule has 1 aliphatic carbocycles. The molecule has 0 unspecified atom stereocenters. The van der Waals surface area contributed by atoms with Gasteiger partial charge in [0.1, 0.15) is 5.82 Å². The molecule has 6 rings (SSSR count). The number of amides is 2. The third-order valence-corrected chi connectivity index (χ3v) is 11.2. The number of aryl methyl sites for hydroxylation is 1. The average molecular weight is 789 g/mol. The van der Waals surface area contributed by atoms with Crippen molar-refractivity contribution in [1.29, 1.82) is 0 Å². The standard InChI is InChI=1S/C37H46FIN4O6/c1-4-48-37(46)23-9-11-28(12-10-23)49-22-27-15-26(42-19-29(20-42)47-3)18-43(27)35(44)14-24-13-25(17-39)33(16-32(24)38)40-36(45)31-21-41(2)34-8-6-5-7-30(31)34/h5-8,13,16,21,23,26-29H,4,9-12,14-15,17-20,22H2,1-3H3,(H,40,45)/t23?,26-,27-,28?/m0/s1. The summed E-state index contributed by atoms with van der Waals surface area (Å²) >= 11 is 2.20. The third kappa shape index (κ3) is 7.97. The van der Waals surface area contributed by atoms with Crippen molar-refractivity contribution in [3.63, 3.8) is 0 Å². The Morgan fingerprint density at radius 3 is 2.49 bits per heavy atom. The van der Waals surface area contributed by atoms with Crippen molar-refractivity contribution in [2.24, 2.45) is 13.0 Å². The molecule has 0 radical (unpaired) electrons. The van der Waals surface area contributed by atoms with E-state index in [4.69, 9.17) is 14.2 Å². The number of halogens is 2. The van der Waals surface area contributed by atoms with Crippen LogP contribution < -0.4 is 5.32 Å². The van der Waals surface area contributed by atoms with Gasteiger partial charge in [0.2, 0.25) is 5.91 Å². The monoisotopic (exact) mass is 788 g/mol. The highest BCUT2D eigenvalue weighted by atomic mass is 127. The molecular formula is C37H46FIN4O6. The Kier molecular flexibility index (Phi) is 11.6. The molecule has 3 aromatic rings. The first-order chi connectivity index (χ1) is 23.7. The predicted molar refractivity (Wildman–Crippen MR) is 193 cm³/mol. The van der Waals surface area contributed by atoms with Crippen LogP contribution in [-0.2, 0) is 41.7 Å². The fraction of sp³-hybridized carbons (Fsp3) is 0.541. The Labute approximate surface area is 300 Å². The van der Waals surface area contributed by atoms with E-state index in [-0.39, 0.29) is 54.4 Å². The van der Waals surface area contributed by atoms with Crippen LogP contribution in [0.1, 0.15) is 60.5 Å². The van der Waals surface area contributed by atoms with Gasteiger partial charge >= 0.3 is 5.97 Å². The van der Waals surface area contributed by atoms with E-state index in [0.29, 0.717) is 41.0 Å². The summed E-state index contributed by atoms with van der Waals surface area (Å²) < 4.78 is 35.2. The number of alkyl halides is 1. The van der Waals surface area contributed by atoms with Gasteiger partial charge in [0.25, 0.3) is 5.91 Å². The lowest BCUT2D eigenvalue weighted by Gasteiger charge is -2.42. The quantitative estimate of drug-likeness (QED) is 0.147. The number of ether oxygens (including phenoxy) is 3. The van der Waals surface area contributed by atoms with E-state index in [0.717, 1.165) is 61.7 Å². The molecule has 1 saturated carbocycles. The number of anilines is 1. The maximum absolute atomic E-state index is 15.7. The molecule has 1 N–H and O–H groups in total. The molecule has 12 heteroatoms. The summed E-state index contributed by atoms with van der Waals surface area (Å²) in [6.45, 7) is 4.82. The number of carbonyl (C=O) groups excluding carboxylic acids is 3. The fourth-order valence-electron chi connectivity index (χ4n) is 7.52. The molecule has 2 amide bonds. The number of nitrogens with one attached hydrogen (secondary N) is 1. The molecule has 1 aromatic heterocycles. The molecule has 3 aliphatic rings.